The maximum absolute atomic E-state index is 12.6. The fourth-order valence-electron chi connectivity index (χ4n) is 2.53. The average molecular weight is 440 g/mol. The molecule has 2 aromatic rings. The average Bonchev–Trinajstić information content (AvgIpc) is 2.71. The minimum absolute atomic E-state index is 0.0651. The minimum Gasteiger partial charge on any atom is -0.435 e. The highest BCUT2D eigenvalue weighted by Crippen LogP contribution is 2.28. The Balaban J connectivity index is 2.04. The minimum atomic E-state index is -3.19. The molecule has 2 rings (SSSR count). The van der Waals surface area contributed by atoms with Gasteiger partial charge in [0.15, 0.2) is 0 Å². The molecule has 31 heavy (non-hydrogen) atoms. The predicted octanol–water partition coefficient (Wildman–Crippen LogP) is 3.97. The summed E-state index contributed by atoms with van der Waals surface area (Å²) < 4.78 is 58.3. The molecule has 0 bridgehead atoms. The predicted molar refractivity (Wildman–Crippen MR) is 105 cm³/mol. The van der Waals surface area contributed by atoms with Crippen molar-refractivity contribution in [2.75, 3.05) is 6.54 Å². The second kappa shape index (κ2) is 11.6. The normalized spacial score (nSPS) is 11.1. The van der Waals surface area contributed by atoms with Gasteiger partial charge >= 0.3 is 13.2 Å². The fourth-order valence-corrected chi connectivity index (χ4v) is 2.53. The molecule has 2 amide bonds. The van der Waals surface area contributed by atoms with Crippen molar-refractivity contribution in [1.82, 2.24) is 10.6 Å². The van der Waals surface area contributed by atoms with Crippen LogP contribution in [0, 0.1) is 0 Å². The Labute approximate surface area is 175 Å². The van der Waals surface area contributed by atoms with E-state index in [2.05, 4.69) is 20.1 Å². The van der Waals surface area contributed by atoms with E-state index >= 15 is 0 Å². The zero-order valence-corrected chi connectivity index (χ0v) is 16.4. The summed E-state index contributed by atoms with van der Waals surface area (Å²) in [6, 6.07) is 9.89. The largest absolute Gasteiger partial charge is 0.435 e. The van der Waals surface area contributed by atoms with Gasteiger partial charge in [-0.25, -0.2) is 0 Å². The molecule has 0 aliphatic rings. The van der Waals surface area contributed by atoms with Crippen LogP contribution in [0.2, 0.25) is 0 Å². The van der Waals surface area contributed by atoms with Crippen LogP contribution in [0.3, 0.4) is 0 Å². The van der Waals surface area contributed by atoms with Gasteiger partial charge in [-0.05, 0) is 42.8 Å². The molecule has 0 saturated heterocycles. The first kappa shape index (κ1) is 23.7. The number of halogens is 4. The van der Waals surface area contributed by atoms with Crippen LogP contribution in [0.5, 0.6) is 11.5 Å². The molecule has 10 heteroatoms. The van der Waals surface area contributed by atoms with Crippen molar-refractivity contribution in [2.24, 2.45) is 0 Å². The number of ether oxygens (including phenoxy) is 2. The van der Waals surface area contributed by atoms with E-state index in [1.165, 1.54) is 12.1 Å². The zero-order chi connectivity index (χ0) is 22.8. The van der Waals surface area contributed by atoms with Gasteiger partial charge in [0.2, 0.25) is 5.91 Å². The summed E-state index contributed by atoms with van der Waals surface area (Å²) in [5.41, 5.74) is 1.19. The Hall–Kier alpha value is -3.56. The van der Waals surface area contributed by atoms with Crippen molar-refractivity contribution in [1.29, 1.82) is 0 Å². The zero-order valence-electron chi connectivity index (χ0n) is 16.4. The summed E-state index contributed by atoms with van der Waals surface area (Å²) in [7, 11) is 0. The molecular weight excluding hydrogens is 420 g/mol. The van der Waals surface area contributed by atoms with Gasteiger partial charge in [-0.1, -0.05) is 12.1 Å². The van der Waals surface area contributed by atoms with Gasteiger partial charge in [0.1, 0.15) is 11.5 Å². The SMILES string of the molecule is CCNC(=O)c1cccc(CNC(=O)/C=C/c2ccc(OC(F)F)cc2OC(F)F)c1. The van der Waals surface area contributed by atoms with Crippen molar-refractivity contribution in [2.45, 2.75) is 26.7 Å². The number of nitrogens with one attached hydrogen (secondary N) is 2. The fraction of sp³-hybridized carbons (Fsp3) is 0.238. The van der Waals surface area contributed by atoms with E-state index < -0.39 is 24.9 Å². The van der Waals surface area contributed by atoms with Crippen LogP contribution >= 0.6 is 0 Å². The molecule has 0 radical (unpaired) electrons. The lowest BCUT2D eigenvalue weighted by atomic mass is 10.1. The Morgan fingerprint density at radius 2 is 1.74 bits per heavy atom. The van der Waals surface area contributed by atoms with Crippen LogP contribution in [0.1, 0.15) is 28.4 Å². The Morgan fingerprint density at radius 1 is 1.00 bits per heavy atom. The van der Waals surface area contributed by atoms with Gasteiger partial charge < -0.3 is 20.1 Å². The number of benzene rings is 2. The van der Waals surface area contributed by atoms with Gasteiger partial charge in [0, 0.05) is 36.4 Å². The number of hydrogen-bond donors (Lipinski definition) is 2. The third-order valence-electron chi connectivity index (χ3n) is 3.83. The summed E-state index contributed by atoms with van der Waals surface area (Å²) in [5, 5.41) is 5.27. The number of alkyl halides is 4. The van der Waals surface area contributed by atoms with Crippen LogP contribution in [-0.2, 0) is 11.3 Å². The van der Waals surface area contributed by atoms with E-state index in [9.17, 15) is 27.2 Å². The third kappa shape index (κ3) is 8.00. The molecule has 0 atom stereocenters. The van der Waals surface area contributed by atoms with E-state index in [1.54, 1.807) is 31.2 Å². The maximum Gasteiger partial charge on any atom is 0.387 e. The number of hydrogen-bond acceptors (Lipinski definition) is 4. The lowest BCUT2D eigenvalue weighted by Gasteiger charge is -2.11. The molecule has 0 saturated carbocycles. The topological polar surface area (TPSA) is 76.7 Å². The first-order valence-electron chi connectivity index (χ1n) is 9.15. The van der Waals surface area contributed by atoms with E-state index in [0.717, 1.165) is 18.2 Å². The molecule has 0 aromatic heterocycles. The highest BCUT2D eigenvalue weighted by atomic mass is 19.3. The van der Waals surface area contributed by atoms with E-state index in [0.29, 0.717) is 17.7 Å². The Bertz CT molecular complexity index is 935. The van der Waals surface area contributed by atoms with Crippen LogP contribution < -0.4 is 20.1 Å². The summed E-state index contributed by atoms with van der Waals surface area (Å²) in [4.78, 5) is 23.9. The number of rotatable bonds is 10. The lowest BCUT2D eigenvalue weighted by Crippen LogP contribution is -2.23. The van der Waals surface area contributed by atoms with Crippen LogP contribution in [0.15, 0.2) is 48.5 Å². The Kier molecular flexibility index (Phi) is 8.86. The number of carbonyl (C=O) groups is 2. The van der Waals surface area contributed by atoms with E-state index in [1.807, 2.05) is 0 Å². The first-order valence-corrected chi connectivity index (χ1v) is 9.15. The van der Waals surface area contributed by atoms with Crippen molar-refractivity contribution in [3.63, 3.8) is 0 Å². The third-order valence-corrected chi connectivity index (χ3v) is 3.83. The molecule has 2 aromatic carbocycles. The summed E-state index contributed by atoms with van der Waals surface area (Å²) in [6.07, 6.45) is 2.28. The monoisotopic (exact) mass is 440 g/mol. The molecular formula is C21H20F4N2O4. The number of amides is 2. The summed E-state index contributed by atoms with van der Waals surface area (Å²) in [6.45, 7) is -3.92. The summed E-state index contributed by atoms with van der Waals surface area (Å²) in [5.74, 6) is -1.56. The molecule has 0 spiro atoms. The second-order valence-electron chi connectivity index (χ2n) is 6.07. The van der Waals surface area contributed by atoms with Gasteiger partial charge in [-0.3, -0.25) is 9.59 Å². The Morgan fingerprint density at radius 3 is 2.42 bits per heavy atom. The molecule has 0 fully saturated rings. The quantitative estimate of drug-likeness (QED) is 0.433. The van der Waals surface area contributed by atoms with Crippen LogP contribution in [0.4, 0.5) is 17.6 Å². The molecule has 2 N–H and O–H groups in total. The smallest absolute Gasteiger partial charge is 0.387 e. The van der Waals surface area contributed by atoms with Gasteiger partial charge in [-0.2, -0.15) is 17.6 Å². The van der Waals surface area contributed by atoms with E-state index in [4.69, 9.17) is 0 Å². The molecule has 0 heterocycles. The highest BCUT2D eigenvalue weighted by molar-refractivity contribution is 5.94. The van der Waals surface area contributed by atoms with Gasteiger partial charge in [0.05, 0.1) is 0 Å². The standard InChI is InChI=1S/C21H20F4N2O4/c1-2-26-19(29)15-5-3-4-13(10-15)12-27-18(28)9-7-14-6-8-16(30-20(22)23)11-17(14)31-21(24)25/h3-11,20-21H,2,12H2,1H3,(H,26,29)(H,27,28)/b9-7+. The van der Waals surface area contributed by atoms with Crippen LogP contribution in [-0.4, -0.2) is 31.6 Å². The van der Waals surface area contributed by atoms with Crippen molar-refractivity contribution >= 4 is 17.9 Å². The lowest BCUT2D eigenvalue weighted by molar-refractivity contribution is -0.116. The van der Waals surface area contributed by atoms with Gasteiger partial charge in [0.25, 0.3) is 5.91 Å². The molecule has 166 valence electrons. The number of carbonyl (C=O) groups excluding carboxylic acids is 2. The molecule has 0 unspecified atom stereocenters. The van der Waals surface area contributed by atoms with Crippen molar-refractivity contribution < 1.29 is 36.6 Å². The maximum atomic E-state index is 12.6. The van der Waals surface area contributed by atoms with Gasteiger partial charge in [-0.15, -0.1) is 0 Å². The molecule has 6 nitrogen and oxygen atoms in total. The molecule has 0 aliphatic carbocycles. The van der Waals surface area contributed by atoms with Crippen molar-refractivity contribution in [3.05, 3.63) is 65.2 Å². The molecule has 0 aliphatic heterocycles. The van der Waals surface area contributed by atoms with Crippen molar-refractivity contribution in [3.8, 4) is 11.5 Å². The van der Waals surface area contributed by atoms with Crippen LogP contribution in [0.25, 0.3) is 6.08 Å². The second-order valence-corrected chi connectivity index (χ2v) is 6.07. The first-order chi connectivity index (χ1) is 14.8. The summed E-state index contributed by atoms with van der Waals surface area (Å²) >= 11 is 0. The van der Waals surface area contributed by atoms with E-state index in [-0.39, 0.29) is 23.8 Å². The highest BCUT2D eigenvalue weighted by Gasteiger charge is 2.12.